The topological polar surface area (TPSA) is 96.9 Å². The lowest BCUT2D eigenvalue weighted by atomic mass is 10.1. The number of nitrogens with one attached hydrogen (secondary N) is 2. The molecule has 88 valence electrons. The van der Waals surface area contributed by atoms with Crippen LogP contribution in [0.25, 0.3) is 0 Å². The van der Waals surface area contributed by atoms with Crippen molar-refractivity contribution in [2.24, 2.45) is 5.10 Å². The predicted molar refractivity (Wildman–Crippen MR) is 54.4 cm³/mol. The molecule has 1 atom stereocenters. The van der Waals surface area contributed by atoms with E-state index in [2.05, 4.69) is 20.6 Å². The third-order valence-corrected chi connectivity index (χ3v) is 2.07. The standard InChI is InChI=1S/C9H13N3O4/c1-5(9(15)16-2)10-8(14)6-3-4-7(13)12-11-6/h5H,3-4H2,1-2H3,(H,10,14)(H,12,13). The molecule has 2 amide bonds. The highest BCUT2D eigenvalue weighted by Gasteiger charge is 2.22. The molecule has 16 heavy (non-hydrogen) atoms. The van der Waals surface area contributed by atoms with Crippen LogP contribution >= 0.6 is 0 Å². The molecule has 2 N–H and O–H groups in total. The molecule has 1 aliphatic heterocycles. The minimum atomic E-state index is -0.738. The normalized spacial score (nSPS) is 16.9. The van der Waals surface area contributed by atoms with Crippen LogP contribution in [-0.2, 0) is 19.1 Å². The molecule has 0 fully saturated rings. The Balaban J connectivity index is 2.53. The van der Waals surface area contributed by atoms with Gasteiger partial charge in [-0.15, -0.1) is 0 Å². The third kappa shape index (κ3) is 3.04. The number of esters is 1. The Hall–Kier alpha value is -1.92. The fraction of sp³-hybridized carbons (Fsp3) is 0.556. The van der Waals surface area contributed by atoms with Crippen molar-refractivity contribution in [2.75, 3.05) is 7.11 Å². The summed E-state index contributed by atoms with van der Waals surface area (Å²) >= 11 is 0. The van der Waals surface area contributed by atoms with E-state index in [0.29, 0.717) is 0 Å². The highest BCUT2D eigenvalue weighted by molar-refractivity contribution is 6.39. The van der Waals surface area contributed by atoms with Crippen molar-refractivity contribution >= 4 is 23.5 Å². The molecule has 0 aromatic rings. The van der Waals surface area contributed by atoms with Gasteiger partial charge in [0.05, 0.1) is 7.11 Å². The second kappa shape index (κ2) is 5.24. The van der Waals surface area contributed by atoms with E-state index in [1.54, 1.807) is 0 Å². The van der Waals surface area contributed by atoms with Crippen molar-refractivity contribution in [3.05, 3.63) is 0 Å². The summed E-state index contributed by atoms with van der Waals surface area (Å²) in [4.78, 5) is 33.4. The molecule has 0 radical (unpaired) electrons. The minimum Gasteiger partial charge on any atom is -0.467 e. The summed E-state index contributed by atoms with van der Waals surface area (Å²) in [6.45, 7) is 1.51. The molecule has 7 nitrogen and oxygen atoms in total. The van der Waals surface area contributed by atoms with Gasteiger partial charge in [0.25, 0.3) is 5.91 Å². The van der Waals surface area contributed by atoms with Crippen molar-refractivity contribution in [1.29, 1.82) is 0 Å². The Morgan fingerprint density at radius 1 is 1.50 bits per heavy atom. The minimum absolute atomic E-state index is 0.204. The number of carbonyl (C=O) groups is 3. The van der Waals surface area contributed by atoms with E-state index in [-0.39, 0.29) is 24.5 Å². The number of methoxy groups -OCH3 is 1. The van der Waals surface area contributed by atoms with Gasteiger partial charge in [-0.05, 0) is 6.92 Å². The maximum Gasteiger partial charge on any atom is 0.328 e. The number of amides is 2. The SMILES string of the molecule is COC(=O)C(C)NC(=O)C1=NNC(=O)CC1. The fourth-order valence-corrected chi connectivity index (χ4v) is 1.15. The van der Waals surface area contributed by atoms with E-state index in [4.69, 9.17) is 0 Å². The molecule has 7 heteroatoms. The van der Waals surface area contributed by atoms with Crippen LogP contribution in [0.5, 0.6) is 0 Å². The van der Waals surface area contributed by atoms with Crippen LogP contribution in [0.3, 0.4) is 0 Å². The molecule has 0 spiro atoms. The van der Waals surface area contributed by atoms with E-state index in [1.807, 2.05) is 0 Å². The van der Waals surface area contributed by atoms with Crippen LogP contribution in [0.15, 0.2) is 5.10 Å². The Morgan fingerprint density at radius 3 is 2.69 bits per heavy atom. The molecular weight excluding hydrogens is 214 g/mol. The first-order chi connectivity index (χ1) is 7.54. The van der Waals surface area contributed by atoms with Crippen molar-refractivity contribution in [3.63, 3.8) is 0 Å². The van der Waals surface area contributed by atoms with Gasteiger partial charge in [-0.25, -0.2) is 10.2 Å². The first-order valence-electron chi connectivity index (χ1n) is 4.78. The van der Waals surface area contributed by atoms with Crippen LogP contribution in [0.1, 0.15) is 19.8 Å². The molecular formula is C9H13N3O4. The number of hydrazone groups is 1. The van der Waals surface area contributed by atoms with Crippen LogP contribution in [0, 0.1) is 0 Å². The Labute approximate surface area is 92.2 Å². The summed E-state index contributed by atoms with van der Waals surface area (Å²) in [5, 5.41) is 6.02. The molecule has 1 heterocycles. The van der Waals surface area contributed by atoms with Gasteiger partial charge in [0.15, 0.2) is 0 Å². The Morgan fingerprint density at radius 2 is 2.19 bits per heavy atom. The molecule has 0 aromatic carbocycles. The molecule has 0 saturated carbocycles. The van der Waals surface area contributed by atoms with Crippen LogP contribution in [0.2, 0.25) is 0 Å². The lowest BCUT2D eigenvalue weighted by Crippen LogP contribution is -2.44. The first kappa shape index (κ1) is 12.2. The lowest BCUT2D eigenvalue weighted by molar-refractivity contribution is -0.143. The van der Waals surface area contributed by atoms with Gasteiger partial charge in [-0.2, -0.15) is 5.10 Å². The molecule has 0 aliphatic carbocycles. The average molecular weight is 227 g/mol. The monoisotopic (exact) mass is 227 g/mol. The number of nitrogens with zero attached hydrogens (tertiary/aromatic N) is 1. The summed E-state index contributed by atoms with van der Waals surface area (Å²) in [6, 6.07) is -0.738. The van der Waals surface area contributed by atoms with Crippen molar-refractivity contribution in [2.45, 2.75) is 25.8 Å². The van der Waals surface area contributed by atoms with Crippen molar-refractivity contribution in [3.8, 4) is 0 Å². The molecule has 1 aliphatic rings. The fourth-order valence-electron chi connectivity index (χ4n) is 1.15. The van der Waals surface area contributed by atoms with Crippen LogP contribution in [-0.4, -0.2) is 36.6 Å². The third-order valence-electron chi connectivity index (χ3n) is 2.07. The number of ether oxygens (including phenoxy) is 1. The van der Waals surface area contributed by atoms with Gasteiger partial charge in [-0.1, -0.05) is 0 Å². The molecule has 1 unspecified atom stereocenters. The molecule has 1 rings (SSSR count). The number of rotatable bonds is 3. The quantitative estimate of drug-likeness (QED) is 0.600. The van der Waals surface area contributed by atoms with E-state index in [9.17, 15) is 14.4 Å². The smallest absolute Gasteiger partial charge is 0.328 e. The van der Waals surface area contributed by atoms with Crippen LogP contribution in [0.4, 0.5) is 0 Å². The van der Waals surface area contributed by atoms with E-state index in [1.165, 1.54) is 14.0 Å². The number of hydrogen-bond acceptors (Lipinski definition) is 5. The van der Waals surface area contributed by atoms with Gasteiger partial charge in [0, 0.05) is 12.8 Å². The summed E-state index contributed by atoms with van der Waals surface area (Å²) in [7, 11) is 1.24. The maximum absolute atomic E-state index is 11.5. The Bertz CT molecular complexity index is 351. The zero-order chi connectivity index (χ0) is 12.1. The van der Waals surface area contributed by atoms with E-state index >= 15 is 0 Å². The lowest BCUT2D eigenvalue weighted by Gasteiger charge is -2.14. The van der Waals surface area contributed by atoms with Crippen molar-refractivity contribution in [1.82, 2.24) is 10.7 Å². The largest absolute Gasteiger partial charge is 0.467 e. The summed E-state index contributed by atoms with van der Waals surface area (Å²) in [6.07, 6.45) is 0.490. The van der Waals surface area contributed by atoms with Gasteiger partial charge in [-0.3, -0.25) is 9.59 Å². The zero-order valence-electron chi connectivity index (χ0n) is 9.07. The maximum atomic E-state index is 11.5. The van der Waals surface area contributed by atoms with Gasteiger partial charge in [0.1, 0.15) is 11.8 Å². The number of hydrogen-bond donors (Lipinski definition) is 2. The second-order valence-electron chi connectivity index (χ2n) is 3.31. The highest BCUT2D eigenvalue weighted by Crippen LogP contribution is 2.00. The Kier molecular flexibility index (Phi) is 3.98. The molecule has 0 saturated heterocycles. The highest BCUT2D eigenvalue weighted by atomic mass is 16.5. The molecule has 0 aromatic heterocycles. The van der Waals surface area contributed by atoms with Crippen LogP contribution < -0.4 is 10.7 Å². The summed E-state index contributed by atoms with van der Waals surface area (Å²) < 4.78 is 4.45. The second-order valence-corrected chi connectivity index (χ2v) is 3.31. The first-order valence-corrected chi connectivity index (χ1v) is 4.78. The van der Waals surface area contributed by atoms with Gasteiger partial charge < -0.3 is 10.1 Å². The van der Waals surface area contributed by atoms with E-state index < -0.39 is 17.9 Å². The predicted octanol–water partition coefficient (Wildman–Crippen LogP) is -1.07. The van der Waals surface area contributed by atoms with E-state index in [0.717, 1.165) is 0 Å². The average Bonchev–Trinajstić information content (AvgIpc) is 2.28. The van der Waals surface area contributed by atoms with Gasteiger partial charge >= 0.3 is 5.97 Å². The zero-order valence-corrected chi connectivity index (χ0v) is 9.07. The van der Waals surface area contributed by atoms with Crippen molar-refractivity contribution < 1.29 is 19.1 Å². The summed E-state index contributed by atoms with van der Waals surface area (Å²) in [5.41, 5.74) is 2.41. The number of carbonyl (C=O) groups excluding carboxylic acids is 3. The van der Waals surface area contributed by atoms with Gasteiger partial charge in [0.2, 0.25) is 5.91 Å². The molecule has 0 bridgehead atoms. The summed E-state index contributed by atoms with van der Waals surface area (Å²) in [5.74, 6) is -1.23.